The largest absolute Gasteiger partial charge is 0.465 e. The highest BCUT2D eigenvalue weighted by Gasteiger charge is 2.70. The molecule has 0 aliphatic heterocycles. The second-order valence-corrected chi connectivity index (χ2v) is 8.90. The minimum Gasteiger partial charge on any atom is -0.465 e. The third-order valence-corrected chi connectivity index (χ3v) is 6.20. The number of carbonyl (C=O) groups is 2. The summed E-state index contributed by atoms with van der Waals surface area (Å²) < 4.78 is 34.2. The van der Waals surface area contributed by atoms with Crippen molar-refractivity contribution in [2.24, 2.45) is 5.92 Å². The predicted octanol–water partition coefficient (Wildman–Crippen LogP) is 3.06. The van der Waals surface area contributed by atoms with Crippen LogP contribution in [0.4, 0.5) is 4.79 Å². The van der Waals surface area contributed by atoms with Crippen molar-refractivity contribution >= 4 is 19.7 Å². The van der Waals surface area contributed by atoms with Gasteiger partial charge in [0.2, 0.25) is 0 Å². The van der Waals surface area contributed by atoms with Crippen molar-refractivity contribution in [1.82, 2.24) is 5.32 Å². The Hall–Kier alpha value is -1.11. The van der Waals surface area contributed by atoms with Gasteiger partial charge in [0, 0.05) is 12.8 Å². The van der Waals surface area contributed by atoms with Gasteiger partial charge in [-0.15, -0.1) is 0 Å². The molecule has 1 amide bonds. The Bertz CT molecular complexity index is 506. The molecule has 0 aromatic heterocycles. The predicted molar refractivity (Wildman–Crippen MR) is 87.7 cm³/mol. The minimum atomic E-state index is -3.65. The van der Waals surface area contributed by atoms with Crippen molar-refractivity contribution < 1.29 is 32.7 Å². The van der Waals surface area contributed by atoms with Gasteiger partial charge in [0.1, 0.15) is 5.60 Å². The summed E-state index contributed by atoms with van der Waals surface area (Å²) in [6, 6.07) is 0. The van der Waals surface area contributed by atoms with E-state index in [4.69, 9.17) is 18.5 Å². The second-order valence-electron chi connectivity index (χ2n) is 6.59. The quantitative estimate of drug-likeness (QED) is 0.521. The molecule has 1 saturated carbocycles. The molecule has 1 aliphatic carbocycles. The number of carbonyl (C=O) groups excluding carboxylic acids is 2. The molecule has 1 aliphatic rings. The van der Waals surface area contributed by atoms with Gasteiger partial charge >= 0.3 is 19.7 Å². The Morgan fingerprint density at radius 2 is 1.75 bits per heavy atom. The van der Waals surface area contributed by atoms with Crippen LogP contribution < -0.4 is 5.32 Å². The maximum atomic E-state index is 13.2. The second kappa shape index (κ2) is 7.85. The fourth-order valence-corrected chi connectivity index (χ4v) is 4.79. The number of rotatable bonds is 8. The summed E-state index contributed by atoms with van der Waals surface area (Å²) in [4.78, 5) is 23.2. The average Bonchev–Trinajstić information content (AvgIpc) is 3.09. The van der Waals surface area contributed by atoms with E-state index >= 15 is 0 Å². The summed E-state index contributed by atoms with van der Waals surface area (Å²) >= 11 is 0. The van der Waals surface area contributed by atoms with Gasteiger partial charge in [0.05, 0.1) is 19.8 Å². The molecular formula is C15H28NO7P. The Morgan fingerprint density at radius 1 is 1.21 bits per heavy atom. The zero-order chi connectivity index (χ0) is 18.6. The van der Waals surface area contributed by atoms with Crippen LogP contribution in [0.3, 0.4) is 0 Å². The SMILES string of the molecule is CCOP(=O)(OCC)[C@@]1(NC(=O)OC(C)(C)C)C[C@@H]1COC(C)=O. The van der Waals surface area contributed by atoms with Gasteiger partial charge in [-0.05, 0) is 41.0 Å². The van der Waals surface area contributed by atoms with Crippen LogP contribution in [0.5, 0.6) is 0 Å². The lowest BCUT2D eigenvalue weighted by Gasteiger charge is -2.29. The van der Waals surface area contributed by atoms with Crippen molar-refractivity contribution in [3.63, 3.8) is 0 Å². The van der Waals surface area contributed by atoms with Gasteiger partial charge in [0.15, 0.2) is 5.28 Å². The number of hydrogen-bond donors (Lipinski definition) is 1. The number of nitrogens with one attached hydrogen (secondary N) is 1. The van der Waals surface area contributed by atoms with E-state index in [2.05, 4.69) is 5.32 Å². The van der Waals surface area contributed by atoms with Crippen molar-refractivity contribution in [2.75, 3.05) is 19.8 Å². The first kappa shape index (κ1) is 20.9. The van der Waals surface area contributed by atoms with E-state index in [1.54, 1.807) is 34.6 Å². The molecule has 2 atom stereocenters. The first-order chi connectivity index (χ1) is 11.0. The molecule has 1 fully saturated rings. The van der Waals surface area contributed by atoms with Crippen molar-refractivity contribution in [1.29, 1.82) is 0 Å². The summed E-state index contributed by atoms with van der Waals surface area (Å²) in [6.07, 6.45) is -0.399. The lowest BCUT2D eigenvalue weighted by Crippen LogP contribution is -2.43. The van der Waals surface area contributed by atoms with Gasteiger partial charge in [-0.2, -0.15) is 0 Å². The highest BCUT2D eigenvalue weighted by Crippen LogP contribution is 2.72. The zero-order valence-corrected chi connectivity index (χ0v) is 16.1. The molecule has 1 rings (SSSR count). The molecule has 0 heterocycles. The van der Waals surface area contributed by atoms with E-state index in [1.807, 2.05) is 0 Å². The Labute approximate surface area is 143 Å². The topological polar surface area (TPSA) is 100 Å². The number of alkyl carbamates (subject to hydrolysis) is 1. The lowest BCUT2D eigenvalue weighted by atomic mass is 10.2. The highest BCUT2D eigenvalue weighted by atomic mass is 31.2. The summed E-state index contributed by atoms with van der Waals surface area (Å²) in [6.45, 7) is 10.2. The monoisotopic (exact) mass is 365 g/mol. The van der Waals surface area contributed by atoms with Gasteiger partial charge in [-0.3, -0.25) is 9.36 Å². The third kappa shape index (κ3) is 5.19. The van der Waals surface area contributed by atoms with Crippen LogP contribution in [0.1, 0.15) is 48.0 Å². The lowest BCUT2D eigenvalue weighted by molar-refractivity contribution is -0.141. The zero-order valence-electron chi connectivity index (χ0n) is 15.2. The molecule has 1 N–H and O–H groups in total. The molecule has 0 saturated heterocycles. The van der Waals surface area contributed by atoms with E-state index < -0.39 is 30.5 Å². The summed E-state index contributed by atoms with van der Waals surface area (Å²) in [5.41, 5.74) is -0.702. The van der Waals surface area contributed by atoms with Crippen LogP contribution in [0.15, 0.2) is 0 Å². The third-order valence-electron chi connectivity index (χ3n) is 3.36. The molecule has 8 nitrogen and oxygen atoms in total. The molecular weight excluding hydrogens is 337 g/mol. The minimum absolute atomic E-state index is 0.0231. The summed E-state index contributed by atoms with van der Waals surface area (Å²) in [7, 11) is -3.65. The van der Waals surface area contributed by atoms with Crippen LogP contribution in [-0.2, 0) is 27.9 Å². The van der Waals surface area contributed by atoms with Crippen LogP contribution in [-0.4, -0.2) is 42.8 Å². The molecule has 0 aromatic carbocycles. The van der Waals surface area contributed by atoms with Gasteiger partial charge in [-0.25, -0.2) is 4.79 Å². The van der Waals surface area contributed by atoms with Crippen molar-refractivity contribution in [2.45, 2.75) is 58.8 Å². The smallest absolute Gasteiger partial charge is 0.408 e. The average molecular weight is 365 g/mol. The Kier molecular flexibility index (Phi) is 6.84. The standard InChI is InChI=1S/C15H28NO7P/c1-7-21-24(19,22-8-2)15(9-12(15)10-20-11(3)17)16-13(18)23-14(4,5)6/h12H,7-10H2,1-6H3,(H,16,18)/t12-,15+/m1/s1. The maximum absolute atomic E-state index is 13.2. The van der Waals surface area contributed by atoms with Gasteiger partial charge < -0.3 is 23.8 Å². The van der Waals surface area contributed by atoms with E-state index in [1.165, 1.54) is 6.92 Å². The molecule has 0 unspecified atom stereocenters. The van der Waals surface area contributed by atoms with E-state index in [-0.39, 0.29) is 25.7 Å². The fourth-order valence-electron chi connectivity index (χ4n) is 2.38. The van der Waals surface area contributed by atoms with E-state index in [0.29, 0.717) is 6.42 Å². The van der Waals surface area contributed by atoms with Crippen LogP contribution in [0.25, 0.3) is 0 Å². The number of amides is 1. The van der Waals surface area contributed by atoms with Crippen molar-refractivity contribution in [3.05, 3.63) is 0 Å². The first-order valence-corrected chi connectivity index (χ1v) is 9.57. The summed E-state index contributed by atoms with van der Waals surface area (Å²) in [5.74, 6) is -0.812. The normalized spacial score (nSPS) is 23.5. The van der Waals surface area contributed by atoms with Crippen LogP contribution >= 0.6 is 7.60 Å². The fraction of sp³-hybridized carbons (Fsp3) is 0.867. The number of ether oxygens (including phenoxy) is 2. The number of hydrogen-bond acceptors (Lipinski definition) is 7. The van der Waals surface area contributed by atoms with E-state index in [0.717, 1.165) is 0 Å². The molecule has 24 heavy (non-hydrogen) atoms. The molecule has 0 spiro atoms. The van der Waals surface area contributed by atoms with Crippen molar-refractivity contribution in [3.8, 4) is 0 Å². The molecule has 9 heteroatoms. The summed E-state index contributed by atoms with van der Waals surface area (Å²) in [5, 5.41) is 1.40. The molecule has 0 aromatic rings. The molecule has 0 radical (unpaired) electrons. The van der Waals surface area contributed by atoms with E-state index in [9.17, 15) is 14.2 Å². The first-order valence-electron chi connectivity index (χ1n) is 8.03. The number of esters is 1. The van der Waals surface area contributed by atoms with Gasteiger partial charge in [-0.1, -0.05) is 0 Å². The molecule has 0 bridgehead atoms. The maximum Gasteiger partial charge on any atom is 0.408 e. The van der Waals surface area contributed by atoms with Gasteiger partial charge in [0.25, 0.3) is 0 Å². The Morgan fingerprint density at radius 3 is 2.17 bits per heavy atom. The molecule has 140 valence electrons. The van der Waals surface area contributed by atoms with Crippen LogP contribution in [0.2, 0.25) is 0 Å². The Balaban J connectivity index is 2.99. The highest BCUT2D eigenvalue weighted by molar-refractivity contribution is 7.56. The van der Waals surface area contributed by atoms with Crippen LogP contribution in [0, 0.1) is 5.92 Å².